The molecule has 2 N–H and O–H groups in total. The van der Waals surface area contributed by atoms with Gasteiger partial charge in [0.1, 0.15) is 0 Å². The number of hydrogen-bond donors (Lipinski definition) is 2. The van der Waals surface area contributed by atoms with E-state index in [-0.39, 0.29) is 17.6 Å². The molecular weight excluding hydrogens is 586 g/mol. The molecule has 0 aliphatic carbocycles. The van der Waals surface area contributed by atoms with Crippen molar-refractivity contribution >= 4 is 34.9 Å². The van der Waals surface area contributed by atoms with E-state index >= 15 is 0 Å². The Hall–Kier alpha value is -3.53. The Bertz CT molecular complexity index is 1510. The fourth-order valence-electron chi connectivity index (χ4n) is 5.49. The summed E-state index contributed by atoms with van der Waals surface area (Å²) in [6, 6.07) is 18.2. The van der Waals surface area contributed by atoms with E-state index in [4.69, 9.17) is 23.2 Å². The van der Waals surface area contributed by atoms with Gasteiger partial charge in [-0.05, 0) is 66.8 Å². The minimum absolute atomic E-state index is 0.120. The molecule has 42 heavy (non-hydrogen) atoms. The first-order valence-electron chi connectivity index (χ1n) is 13.6. The third-order valence-electron chi connectivity index (χ3n) is 7.62. The summed E-state index contributed by atoms with van der Waals surface area (Å²) in [5, 5.41) is 3.83. The number of benzene rings is 3. The topological polar surface area (TPSA) is 64.3 Å². The van der Waals surface area contributed by atoms with Crippen LogP contribution < -0.4 is 5.32 Å². The van der Waals surface area contributed by atoms with Crippen molar-refractivity contribution in [2.45, 2.75) is 44.6 Å². The van der Waals surface area contributed by atoms with Crippen LogP contribution in [0, 0.1) is 6.92 Å². The standard InChI is InChI=1S/C31H30Cl2F3N5O/c1-20-7-9-22(16-25(20)31(34,35)36)29(28-17-37-19-38-28)40-13-11-24(12-14-40)41(18-21-8-10-26(32)27(33)15-21)30(42)39-23-5-3-2-4-6-23/h2-10,15-17,19,24,29H,11-14,18H2,1H3,(H,37,38)(H,39,42). The third kappa shape index (κ3) is 6.91. The molecule has 2 heterocycles. The number of hydrogen-bond acceptors (Lipinski definition) is 3. The number of nitrogens with zero attached hydrogens (tertiary/aromatic N) is 3. The zero-order valence-corrected chi connectivity index (χ0v) is 24.3. The molecule has 0 saturated carbocycles. The molecule has 3 aromatic carbocycles. The largest absolute Gasteiger partial charge is 0.416 e. The Labute approximate surface area is 252 Å². The van der Waals surface area contributed by atoms with Gasteiger partial charge in [0.15, 0.2) is 0 Å². The lowest BCUT2D eigenvalue weighted by molar-refractivity contribution is -0.138. The Kier molecular flexibility index (Phi) is 9.11. The predicted octanol–water partition coefficient (Wildman–Crippen LogP) is 8.33. The molecule has 0 radical (unpaired) electrons. The number of H-pyrrole nitrogens is 1. The number of imidazole rings is 1. The van der Waals surface area contributed by atoms with Gasteiger partial charge in [-0.1, -0.05) is 59.6 Å². The molecule has 1 fully saturated rings. The van der Waals surface area contributed by atoms with Crippen molar-refractivity contribution in [3.63, 3.8) is 0 Å². The maximum atomic E-state index is 13.8. The fourth-order valence-corrected chi connectivity index (χ4v) is 5.81. The zero-order chi connectivity index (χ0) is 29.9. The molecule has 6 nitrogen and oxygen atoms in total. The van der Waals surface area contributed by atoms with Crippen molar-refractivity contribution in [1.82, 2.24) is 19.8 Å². The molecule has 1 unspecified atom stereocenters. The van der Waals surface area contributed by atoms with Gasteiger partial charge in [-0.2, -0.15) is 13.2 Å². The van der Waals surface area contributed by atoms with E-state index in [1.807, 2.05) is 36.4 Å². The predicted molar refractivity (Wildman–Crippen MR) is 159 cm³/mol. The molecule has 4 aromatic rings. The Morgan fingerprint density at radius 3 is 2.45 bits per heavy atom. The summed E-state index contributed by atoms with van der Waals surface area (Å²) in [6.45, 7) is 2.89. The van der Waals surface area contributed by atoms with E-state index < -0.39 is 17.8 Å². The number of piperidine rings is 1. The van der Waals surface area contributed by atoms with Gasteiger partial charge in [0.25, 0.3) is 0 Å². The number of amides is 2. The van der Waals surface area contributed by atoms with E-state index in [1.165, 1.54) is 25.4 Å². The van der Waals surface area contributed by atoms with Crippen molar-refractivity contribution in [3.8, 4) is 0 Å². The van der Waals surface area contributed by atoms with Gasteiger partial charge < -0.3 is 15.2 Å². The van der Waals surface area contributed by atoms with Gasteiger partial charge in [0.05, 0.1) is 33.7 Å². The first kappa shape index (κ1) is 29.9. The van der Waals surface area contributed by atoms with Crippen LogP contribution in [0.15, 0.2) is 79.3 Å². The molecule has 1 saturated heterocycles. The Balaban J connectivity index is 1.39. The number of aryl methyl sites for hydroxylation is 1. The van der Waals surface area contributed by atoms with Crippen LogP contribution in [0.3, 0.4) is 0 Å². The molecule has 220 valence electrons. The van der Waals surface area contributed by atoms with Gasteiger partial charge >= 0.3 is 12.2 Å². The first-order chi connectivity index (χ1) is 20.1. The van der Waals surface area contributed by atoms with Crippen molar-refractivity contribution in [2.24, 2.45) is 0 Å². The van der Waals surface area contributed by atoms with Gasteiger partial charge in [-0.25, -0.2) is 9.78 Å². The summed E-state index contributed by atoms with van der Waals surface area (Å²) >= 11 is 12.4. The number of likely N-dealkylation sites (tertiary alicyclic amines) is 1. The lowest BCUT2D eigenvalue weighted by Gasteiger charge is -2.41. The van der Waals surface area contributed by atoms with Crippen LogP contribution in [0.1, 0.15) is 46.8 Å². The summed E-state index contributed by atoms with van der Waals surface area (Å²) in [5.74, 6) is 0. The summed E-state index contributed by atoms with van der Waals surface area (Å²) in [6.07, 6.45) is -0.0459. The molecule has 0 spiro atoms. The van der Waals surface area contributed by atoms with Gasteiger partial charge in [-0.15, -0.1) is 0 Å². The molecule has 1 aliphatic rings. The summed E-state index contributed by atoms with van der Waals surface area (Å²) < 4.78 is 41.3. The average Bonchev–Trinajstić information content (AvgIpc) is 3.49. The number of carbonyl (C=O) groups is 1. The number of carbonyl (C=O) groups excluding carboxylic acids is 1. The fraction of sp³-hybridized carbons (Fsp3) is 0.290. The number of urea groups is 1. The smallest absolute Gasteiger partial charge is 0.347 e. The number of alkyl halides is 3. The third-order valence-corrected chi connectivity index (χ3v) is 8.36. The highest BCUT2D eigenvalue weighted by atomic mass is 35.5. The molecule has 2 amide bonds. The second kappa shape index (κ2) is 12.8. The second-order valence-corrected chi connectivity index (χ2v) is 11.2. The highest BCUT2D eigenvalue weighted by Gasteiger charge is 2.36. The second-order valence-electron chi connectivity index (χ2n) is 10.4. The Morgan fingerprint density at radius 1 is 1.07 bits per heavy atom. The summed E-state index contributed by atoms with van der Waals surface area (Å²) in [7, 11) is 0. The molecular formula is C31H30Cl2F3N5O. The molecule has 1 aromatic heterocycles. The monoisotopic (exact) mass is 615 g/mol. The van der Waals surface area contributed by atoms with Crippen molar-refractivity contribution in [2.75, 3.05) is 18.4 Å². The van der Waals surface area contributed by atoms with Crippen molar-refractivity contribution in [1.29, 1.82) is 0 Å². The van der Waals surface area contributed by atoms with E-state index in [9.17, 15) is 18.0 Å². The zero-order valence-electron chi connectivity index (χ0n) is 22.8. The highest BCUT2D eigenvalue weighted by Crippen LogP contribution is 2.37. The highest BCUT2D eigenvalue weighted by molar-refractivity contribution is 6.42. The van der Waals surface area contributed by atoms with Gasteiger partial charge in [0, 0.05) is 37.6 Å². The van der Waals surface area contributed by atoms with Crippen LogP contribution in [0.4, 0.5) is 23.7 Å². The van der Waals surface area contributed by atoms with Gasteiger partial charge in [-0.3, -0.25) is 4.90 Å². The number of nitrogens with one attached hydrogen (secondary N) is 2. The summed E-state index contributed by atoms with van der Waals surface area (Å²) in [5.41, 5.74) is 2.29. The number of aromatic amines is 1. The average molecular weight is 617 g/mol. The van der Waals surface area contributed by atoms with E-state index in [0.29, 0.717) is 59.5 Å². The van der Waals surface area contributed by atoms with Gasteiger partial charge in [0.2, 0.25) is 0 Å². The number of aromatic nitrogens is 2. The van der Waals surface area contributed by atoms with E-state index in [0.717, 1.165) is 5.56 Å². The SMILES string of the molecule is Cc1ccc(C(c2cnc[nH]2)N2CCC(N(Cc3ccc(Cl)c(Cl)c3)C(=O)Nc3ccccc3)CC2)cc1C(F)(F)F. The van der Waals surface area contributed by atoms with Crippen LogP contribution >= 0.6 is 23.2 Å². The minimum Gasteiger partial charge on any atom is -0.347 e. The van der Waals surface area contributed by atoms with Crippen LogP contribution in [0.5, 0.6) is 0 Å². The van der Waals surface area contributed by atoms with Crippen molar-refractivity contribution in [3.05, 3.63) is 117 Å². The molecule has 5 rings (SSSR count). The van der Waals surface area contributed by atoms with E-state index in [1.54, 1.807) is 29.3 Å². The molecule has 0 bridgehead atoms. The quantitative estimate of drug-likeness (QED) is 0.220. The van der Waals surface area contributed by atoms with E-state index in [2.05, 4.69) is 20.2 Å². The van der Waals surface area contributed by atoms with Crippen molar-refractivity contribution < 1.29 is 18.0 Å². The number of anilines is 1. The summed E-state index contributed by atoms with van der Waals surface area (Å²) in [4.78, 5) is 24.7. The lowest BCUT2D eigenvalue weighted by atomic mass is 9.94. The molecule has 1 aliphatic heterocycles. The Morgan fingerprint density at radius 2 is 1.81 bits per heavy atom. The van der Waals surface area contributed by atoms with Crippen LogP contribution in [0.2, 0.25) is 10.0 Å². The number of halogens is 5. The first-order valence-corrected chi connectivity index (χ1v) is 14.3. The normalized spacial score (nSPS) is 15.4. The maximum absolute atomic E-state index is 13.8. The number of rotatable bonds is 7. The lowest BCUT2D eigenvalue weighted by Crippen LogP contribution is -2.49. The minimum atomic E-state index is -4.46. The molecule has 1 atom stereocenters. The van der Waals surface area contributed by atoms with Crippen LogP contribution in [-0.2, 0) is 12.7 Å². The van der Waals surface area contributed by atoms with Crippen LogP contribution in [0.25, 0.3) is 0 Å². The molecule has 11 heteroatoms. The maximum Gasteiger partial charge on any atom is 0.416 e. The van der Waals surface area contributed by atoms with Crippen LogP contribution in [-0.4, -0.2) is 44.9 Å². The number of para-hydroxylation sites is 1.